The number of ether oxygens (including phenoxy) is 2. The highest BCUT2D eigenvalue weighted by Gasteiger charge is 2.33. The minimum Gasteiger partial charge on any atom is -0.497 e. The Balaban J connectivity index is 1.64. The van der Waals surface area contributed by atoms with Crippen molar-refractivity contribution < 1.29 is 23.0 Å². The van der Waals surface area contributed by atoms with Gasteiger partial charge in [-0.1, -0.05) is 28.1 Å². The molecule has 0 amide bonds. The summed E-state index contributed by atoms with van der Waals surface area (Å²) in [5.74, 6) is 1.77. The van der Waals surface area contributed by atoms with Crippen molar-refractivity contribution in [3.63, 3.8) is 0 Å². The third-order valence-corrected chi connectivity index (χ3v) is 7.25. The van der Waals surface area contributed by atoms with E-state index in [1.807, 2.05) is 53.4 Å². The molecule has 2 aromatic rings. The lowest BCUT2D eigenvalue weighted by molar-refractivity contribution is 0.0524. The van der Waals surface area contributed by atoms with Crippen LogP contribution in [0.5, 0.6) is 11.5 Å². The van der Waals surface area contributed by atoms with Crippen LogP contribution in [0.2, 0.25) is 0 Å². The number of nitrogens with zero attached hydrogens (tertiary/aromatic N) is 1. The Morgan fingerprint density at radius 3 is 2.38 bits per heavy atom. The van der Waals surface area contributed by atoms with Crippen LogP contribution in [0.3, 0.4) is 0 Å². The van der Waals surface area contributed by atoms with Crippen molar-refractivity contribution in [1.82, 2.24) is 4.90 Å². The summed E-state index contributed by atoms with van der Waals surface area (Å²) in [6.45, 7) is 1.03. The van der Waals surface area contributed by atoms with Gasteiger partial charge in [-0.25, -0.2) is 8.42 Å². The molecule has 2 aromatic carbocycles. The lowest BCUT2D eigenvalue weighted by atomic mass is 10.1. The number of hydrogen-bond acceptors (Lipinski definition) is 6. The molecule has 0 aromatic heterocycles. The molecular formula is C21H26BrNO5S. The first kappa shape index (κ1) is 22.1. The zero-order valence-electron chi connectivity index (χ0n) is 16.3. The number of hydrogen-bond donors (Lipinski definition) is 1. The van der Waals surface area contributed by atoms with E-state index in [1.165, 1.54) is 0 Å². The number of benzene rings is 2. The first-order valence-electron chi connectivity index (χ1n) is 9.48. The highest BCUT2D eigenvalue weighted by molar-refractivity contribution is 9.10. The molecule has 1 aliphatic rings. The molecule has 2 unspecified atom stereocenters. The summed E-state index contributed by atoms with van der Waals surface area (Å²) < 4.78 is 35.8. The molecule has 0 bridgehead atoms. The summed E-state index contributed by atoms with van der Waals surface area (Å²) in [7, 11) is -1.40. The quantitative estimate of drug-likeness (QED) is 0.590. The summed E-state index contributed by atoms with van der Waals surface area (Å²) in [6.07, 6.45) is -0.154. The monoisotopic (exact) mass is 483 g/mol. The molecular weight excluding hydrogens is 458 g/mol. The van der Waals surface area contributed by atoms with E-state index in [9.17, 15) is 13.5 Å². The summed E-state index contributed by atoms with van der Waals surface area (Å²) in [5.41, 5.74) is 1.04. The van der Waals surface area contributed by atoms with Crippen LogP contribution in [0.4, 0.5) is 0 Å². The molecule has 1 heterocycles. The minimum atomic E-state index is -3.02. The Labute approximate surface area is 180 Å². The number of sulfone groups is 1. The van der Waals surface area contributed by atoms with Gasteiger partial charge in [0.15, 0.2) is 9.84 Å². The second kappa shape index (κ2) is 9.93. The van der Waals surface area contributed by atoms with Crippen LogP contribution in [-0.2, 0) is 16.4 Å². The Bertz CT molecular complexity index is 886. The van der Waals surface area contributed by atoms with Crippen LogP contribution in [0.25, 0.3) is 0 Å². The molecule has 0 aliphatic carbocycles. The van der Waals surface area contributed by atoms with Gasteiger partial charge in [0.1, 0.15) is 24.2 Å². The van der Waals surface area contributed by atoms with E-state index < -0.39 is 15.9 Å². The van der Waals surface area contributed by atoms with Gasteiger partial charge in [-0.05, 0) is 48.4 Å². The normalized spacial score (nSPS) is 19.2. The predicted molar refractivity (Wildman–Crippen MR) is 116 cm³/mol. The van der Waals surface area contributed by atoms with Gasteiger partial charge in [0.25, 0.3) is 0 Å². The van der Waals surface area contributed by atoms with E-state index in [0.717, 1.165) is 15.8 Å². The van der Waals surface area contributed by atoms with Crippen molar-refractivity contribution >= 4 is 25.8 Å². The summed E-state index contributed by atoms with van der Waals surface area (Å²) >= 11 is 3.38. The molecule has 158 valence electrons. The second-order valence-corrected chi connectivity index (χ2v) is 10.4. The number of rotatable bonds is 9. The molecule has 1 aliphatic heterocycles. The fourth-order valence-electron chi connectivity index (χ4n) is 3.42. The van der Waals surface area contributed by atoms with E-state index in [1.54, 1.807) is 7.11 Å². The molecule has 6 nitrogen and oxygen atoms in total. The van der Waals surface area contributed by atoms with Crippen molar-refractivity contribution in [3.8, 4) is 11.5 Å². The van der Waals surface area contributed by atoms with Crippen molar-refractivity contribution in [3.05, 3.63) is 58.6 Å². The van der Waals surface area contributed by atoms with Gasteiger partial charge in [0, 0.05) is 23.6 Å². The van der Waals surface area contributed by atoms with Crippen LogP contribution in [0.15, 0.2) is 53.0 Å². The Hall–Kier alpha value is -1.61. The fourth-order valence-corrected chi connectivity index (χ4v) is 5.44. The molecule has 2 atom stereocenters. The maximum atomic E-state index is 12.0. The van der Waals surface area contributed by atoms with Gasteiger partial charge >= 0.3 is 0 Å². The van der Waals surface area contributed by atoms with E-state index >= 15 is 0 Å². The van der Waals surface area contributed by atoms with Gasteiger partial charge in [0.2, 0.25) is 0 Å². The third-order valence-electron chi connectivity index (χ3n) is 4.97. The average Bonchev–Trinajstić information content (AvgIpc) is 3.07. The fraction of sp³-hybridized carbons (Fsp3) is 0.429. The lowest BCUT2D eigenvalue weighted by Gasteiger charge is -2.30. The van der Waals surface area contributed by atoms with Crippen molar-refractivity contribution in [2.75, 3.05) is 31.8 Å². The zero-order chi connectivity index (χ0) is 20.9. The Kier molecular flexibility index (Phi) is 7.56. The molecule has 1 N–H and O–H groups in total. The van der Waals surface area contributed by atoms with Gasteiger partial charge in [-0.15, -0.1) is 0 Å². The second-order valence-electron chi connectivity index (χ2n) is 7.25. The first-order valence-corrected chi connectivity index (χ1v) is 12.1. The average molecular weight is 484 g/mol. The van der Waals surface area contributed by atoms with E-state index in [-0.39, 0.29) is 24.2 Å². The molecule has 8 heteroatoms. The molecule has 0 radical (unpaired) electrons. The maximum Gasteiger partial charge on any atom is 0.151 e. The molecule has 0 saturated carbocycles. The topological polar surface area (TPSA) is 76.1 Å². The summed E-state index contributed by atoms with van der Waals surface area (Å²) in [5, 5.41) is 10.5. The highest BCUT2D eigenvalue weighted by atomic mass is 79.9. The predicted octanol–water partition coefficient (Wildman–Crippen LogP) is 2.89. The molecule has 1 fully saturated rings. The summed E-state index contributed by atoms with van der Waals surface area (Å²) in [6, 6.07) is 15.0. The van der Waals surface area contributed by atoms with Crippen molar-refractivity contribution in [2.24, 2.45) is 0 Å². The van der Waals surface area contributed by atoms with Crippen LogP contribution < -0.4 is 9.47 Å². The lowest BCUT2D eigenvalue weighted by Crippen LogP contribution is -2.42. The van der Waals surface area contributed by atoms with Crippen LogP contribution in [-0.4, -0.2) is 62.3 Å². The Morgan fingerprint density at radius 2 is 1.79 bits per heavy atom. The minimum absolute atomic E-state index is 0.107. The van der Waals surface area contributed by atoms with Crippen LogP contribution in [0, 0.1) is 0 Å². The van der Waals surface area contributed by atoms with E-state index in [2.05, 4.69) is 15.9 Å². The maximum absolute atomic E-state index is 12.0. The van der Waals surface area contributed by atoms with Gasteiger partial charge in [0.05, 0.1) is 18.6 Å². The molecule has 29 heavy (non-hydrogen) atoms. The largest absolute Gasteiger partial charge is 0.497 e. The van der Waals surface area contributed by atoms with Crippen LogP contribution in [0.1, 0.15) is 12.0 Å². The molecule has 3 rings (SSSR count). The van der Waals surface area contributed by atoms with Crippen LogP contribution >= 0.6 is 15.9 Å². The third kappa shape index (κ3) is 6.70. The van der Waals surface area contributed by atoms with Crippen molar-refractivity contribution in [1.29, 1.82) is 0 Å². The number of halogens is 1. The number of aliphatic hydroxyl groups is 1. The number of aliphatic hydroxyl groups excluding tert-OH is 1. The molecule has 0 spiro atoms. The van der Waals surface area contributed by atoms with Gasteiger partial charge < -0.3 is 14.6 Å². The Morgan fingerprint density at radius 1 is 1.14 bits per heavy atom. The SMILES string of the molecule is COc1ccc(CN(CC(O)COc2ccc(Br)cc2)C2CCS(=O)(=O)C2)cc1. The van der Waals surface area contributed by atoms with Crippen molar-refractivity contribution in [2.45, 2.75) is 25.1 Å². The first-order chi connectivity index (χ1) is 13.8. The smallest absolute Gasteiger partial charge is 0.151 e. The van der Waals surface area contributed by atoms with E-state index in [4.69, 9.17) is 9.47 Å². The van der Waals surface area contributed by atoms with Gasteiger partial charge in [-0.3, -0.25) is 4.90 Å². The zero-order valence-corrected chi connectivity index (χ0v) is 18.7. The van der Waals surface area contributed by atoms with Gasteiger partial charge in [-0.2, -0.15) is 0 Å². The summed E-state index contributed by atoms with van der Waals surface area (Å²) in [4.78, 5) is 2.04. The number of methoxy groups -OCH3 is 1. The van der Waals surface area contributed by atoms with E-state index in [0.29, 0.717) is 25.3 Å². The standard InChI is InChI=1S/C21H26BrNO5S/c1-27-20-6-2-16(3-7-20)12-23(18-10-11-29(25,26)15-18)13-19(24)14-28-21-8-4-17(22)5-9-21/h2-9,18-19,24H,10-15H2,1H3. The highest BCUT2D eigenvalue weighted by Crippen LogP contribution is 2.22. The molecule has 1 saturated heterocycles.